The summed E-state index contributed by atoms with van der Waals surface area (Å²) in [5.74, 6) is -2.00. The van der Waals surface area contributed by atoms with Crippen LogP contribution in [0.2, 0.25) is 0 Å². The SMILES string of the molecule is CC(C)c1c(C(=O)O)nnn1C1CS(=O)(=O)CC1O. The normalized spacial score (nSPS) is 25.9. The number of rotatable bonds is 3. The summed E-state index contributed by atoms with van der Waals surface area (Å²) < 4.78 is 24.3. The predicted molar refractivity (Wildman–Crippen MR) is 64.8 cm³/mol. The lowest BCUT2D eigenvalue weighted by molar-refractivity contribution is 0.0688. The van der Waals surface area contributed by atoms with Gasteiger partial charge in [-0.05, 0) is 5.92 Å². The third kappa shape index (κ3) is 2.47. The smallest absolute Gasteiger partial charge is 0.358 e. The first kappa shape index (κ1) is 13.9. The maximum absolute atomic E-state index is 11.5. The van der Waals surface area contributed by atoms with Crippen molar-refractivity contribution in [2.75, 3.05) is 11.5 Å². The average molecular weight is 289 g/mol. The lowest BCUT2D eigenvalue weighted by atomic mass is 10.1. The number of carbonyl (C=O) groups is 1. The predicted octanol–water partition coefficient (Wildman–Crippen LogP) is -0.570. The highest BCUT2D eigenvalue weighted by Gasteiger charge is 2.40. The van der Waals surface area contributed by atoms with Crippen LogP contribution in [0.25, 0.3) is 0 Å². The fraction of sp³-hybridized carbons (Fsp3) is 0.700. The number of aromatic carboxylic acids is 1. The molecule has 2 atom stereocenters. The number of aromatic nitrogens is 3. The molecule has 1 fully saturated rings. The molecule has 0 aliphatic carbocycles. The molecule has 1 saturated heterocycles. The lowest BCUT2D eigenvalue weighted by Gasteiger charge is -2.17. The lowest BCUT2D eigenvalue weighted by Crippen LogP contribution is -2.25. The number of hydrogen-bond acceptors (Lipinski definition) is 6. The molecule has 106 valence electrons. The van der Waals surface area contributed by atoms with Gasteiger partial charge in [-0.3, -0.25) is 0 Å². The van der Waals surface area contributed by atoms with Crippen molar-refractivity contribution < 1.29 is 23.4 Å². The van der Waals surface area contributed by atoms with Gasteiger partial charge in [-0.1, -0.05) is 19.1 Å². The third-order valence-electron chi connectivity index (χ3n) is 3.09. The zero-order chi connectivity index (χ0) is 14.4. The van der Waals surface area contributed by atoms with Gasteiger partial charge in [-0.25, -0.2) is 17.9 Å². The van der Waals surface area contributed by atoms with Gasteiger partial charge in [-0.2, -0.15) is 0 Å². The van der Waals surface area contributed by atoms with Crippen molar-refractivity contribution in [1.29, 1.82) is 0 Å². The summed E-state index contributed by atoms with van der Waals surface area (Å²) in [6.45, 7) is 3.52. The highest BCUT2D eigenvalue weighted by molar-refractivity contribution is 7.91. The van der Waals surface area contributed by atoms with E-state index in [0.717, 1.165) is 0 Å². The van der Waals surface area contributed by atoms with Gasteiger partial charge in [0.15, 0.2) is 15.5 Å². The van der Waals surface area contributed by atoms with E-state index in [-0.39, 0.29) is 23.1 Å². The van der Waals surface area contributed by atoms with E-state index in [1.54, 1.807) is 13.8 Å². The topological polar surface area (TPSA) is 122 Å². The Morgan fingerprint density at radius 2 is 2.05 bits per heavy atom. The molecule has 0 bridgehead atoms. The number of carboxylic acids is 1. The Morgan fingerprint density at radius 3 is 2.47 bits per heavy atom. The number of carboxylic acid groups (broad SMARTS) is 1. The minimum Gasteiger partial charge on any atom is -0.476 e. The molecule has 0 radical (unpaired) electrons. The molecule has 1 aromatic rings. The van der Waals surface area contributed by atoms with E-state index in [1.807, 2.05) is 0 Å². The van der Waals surface area contributed by atoms with Crippen LogP contribution < -0.4 is 0 Å². The van der Waals surface area contributed by atoms with Crippen LogP contribution in [0.3, 0.4) is 0 Å². The molecular weight excluding hydrogens is 274 g/mol. The number of hydrogen-bond donors (Lipinski definition) is 2. The Balaban J connectivity index is 2.49. The summed E-state index contributed by atoms with van der Waals surface area (Å²) in [5.41, 5.74) is 0.125. The van der Waals surface area contributed by atoms with Gasteiger partial charge in [-0.15, -0.1) is 5.10 Å². The van der Waals surface area contributed by atoms with E-state index in [1.165, 1.54) is 4.68 Å². The van der Waals surface area contributed by atoms with Gasteiger partial charge in [0.05, 0.1) is 29.3 Å². The largest absolute Gasteiger partial charge is 0.476 e. The average Bonchev–Trinajstić information content (AvgIpc) is 2.78. The molecule has 0 amide bonds. The fourth-order valence-corrected chi connectivity index (χ4v) is 4.04. The summed E-state index contributed by atoms with van der Waals surface area (Å²) in [7, 11) is -3.33. The molecular formula is C10H15N3O5S. The van der Waals surface area contributed by atoms with E-state index in [2.05, 4.69) is 10.3 Å². The van der Waals surface area contributed by atoms with Gasteiger partial charge in [0, 0.05) is 0 Å². The third-order valence-corrected chi connectivity index (χ3v) is 4.79. The van der Waals surface area contributed by atoms with Crippen LogP contribution in [0.1, 0.15) is 42.0 Å². The summed E-state index contributed by atoms with van der Waals surface area (Å²) >= 11 is 0. The molecule has 0 spiro atoms. The van der Waals surface area contributed by atoms with Crippen LogP contribution in [0, 0.1) is 0 Å². The molecule has 2 rings (SSSR count). The first-order chi connectivity index (χ1) is 8.73. The molecule has 1 aliphatic heterocycles. The summed E-state index contributed by atoms with van der Waals surface area (Å²) in [6.07, 6.45) is -1.09. The Kier molecular flexibility index (Phi) is 3.35. The molecule has 8 nitrogen and oxygen atoms in total. The molecule has 1 aliphatic rings. The van der Waals surface area contributed by atoms with Gasteiger partial charge in [0.1, 0.15) is 0 Å². The molecule has 2 N–H and O–H groups in total. The number of aliphatic hydroxyl groups excluding tert-OH is 1. The number of sulfone groups is 1. The van der Waals surface area contributed by atoms with Crippen molar-refractivity contribution in [2.45, 2.75) is 31.9 Å². The van der Waals surface area contributed by atoms with Crippen molar-refractivity contribution in [3.05, 3.63) is 11.4 Å². The second-order valence-corrected chi connectivity index (χ2v) is 7.09. The van der Waals surface area contributed by atoms with Gasteiger partial charge in [0.2, 0.25) is 0 Å². The number of nitrogens with zero attached hydrogens (tertiary/aromatic N) is 3. The van der Waals surface area contributed by atoms with Crippen molar-refractivity contribution in [3.63, 3.8) is 0 Å². The number of aliphatic hydroxyl groups is 1. The van der Waals surface area contributed by atoms with Crippen LogP contribution in [0.15, 0.2) is 0 Å². The Labute approximate surface area is 110 Å². The Morgan fingerprint density at radius 1 is 1.42 bits per heavy atom. The van der Waals surface area contributed by atoms with E-state index < -0.39 is 28.0 Å². The van der Waals surface area contributed by atoms with Crippen LogP contribution in [0.4, 0.5) is 0 Å². The first-order valence-electron chi connectivity index (χ1n) is 5.80. The Bertz CT molecular complexity index is 607. The van der Waals surface area contributed by atoms with Crippen molar-refractivity contribution >= 4 is 15.8 Å². The van der Waals surface area contributed by atoms with E-state index in [0.29, 0.717) is 5.69 Å². The molecule has 9 heteroatoms. The maximum atomic E-state index is 11.5. The molecule has 2 unspecified atom stereocenters. The summed E-state index contributed by atoms with van der Waals surface area (Å²) in [4.78, 5) is 11.1. The Hall–Kier alpha value is -1.48. The molecule has 1 aromatic heterocycles. The van der Waals surface area contributed by atoms with Crippen LogP contribution in [-0.2, 0) is 9.84 Å². The van der Waals surface area contributed by atoms with E-state index >= 15 is 0 Å². The van der Waals surface area contributed by atoms with Crippen molar-refractivity contribution in [1.82, 2.24) is 15.0 Å². The van der Waals surface area contributed by atoms with Crippen LogP contribution >= 0.6 is 0 Å². The minimum absolute atomic E-state index is 0.198. The monoisotopic (exact) mass is 289 g/mol. The quantitative estimate of drug-likeness (QED) is 0.763. The van der Waals surface area contributed by atoms with Crippen molar-refractivity contribution in [3.8, 4) is 0 Å². The van der Waals surface area contributed by atoms with E-state index in [4.69, 9.17) is 5.11 Å². The molecule has 19 heavy (non-hydrogen) atoms. The second kappa shape index (κ2) is 4.57. The zero-order valence-corrected chi connectivity index (χ0v) is 11.3. The van der Waals surface area contributed by atoms with Crippen LogP contribution in [0.5, 0.6) is 0 Å². The molecule has 2 heterocycles. The van der Waals surface area contributed by atoms with Gasteiger partial charge in [0.25, 0.3) is 0 Å². The van der Waals surface area contributed by atoms with Gasteiger partial charge < -0.3 is 10.2 Å². The highest BCUT2D eigenvalue weighted by Crippen LogP contribution is 2.28. The maximum Gasteiger partial charge on any atom is 0.358 e. The van der Waals surface area contributed by atoms with Gasteiger partial charge >= 0.3 is 5.97 Å². The summed E-state index contributed by atoms with van der Waals surface area (Å²) in [5, 5.41) is 26.1. The minimum atomic E-state index is -3.33. The van der Waals surface area contributed by atoms with E-state index in [9.17, 15) is 18.3 Å². The van der Waals surface area contributed by atoms with Crippen molar-refractivity contribution in [2.24, 2.45) is 0 Å². The fourth-order valence-electron chi connectivity index (χ4n) is 2.28. The zero-order valence-electron chi connectivity index (χ0n) is 10.5. The second-order valence-electron chi connectivity index (χ2n) is 4.94. The molecule has 0 aromatic carbocycles. The van der Waals surface area contributed by atoms with Crippen LogP contribution in [-0.4, -0.2) is 57.2 Å². The summed E-state index contributed by atoms with van der Waals surface area (Å²) in [6, 6.07) is -0.775. The first-order valence-corrected chi connectivity index (χ1v) is 7.62. The highest BCUT2D eigenvalue weighted by atomic mass is 32.2. The molecule has 0 saturated carbocycles. The standard InChI is InChI=1S/C10H15N3O5S/c1-5(2)9-8(10(15)16)11-12-13(9)6-3-19(17,18)4-7(6)14/h5-7,14H,3-4H2,1-2H3,(H,15,16).